The summed E-state index contributed by atoms with van der Waals surface area (Å²) in [6.45, 7) is 6.73. The van der Waals surface area contributed by atoms with Gasteiger partial charge in [-0.2, -0.15) is 0 Å². The first-order valence-electron chi connectivity index (χ1n) is 11.1. The normalized spacial score (nSPS) is 12.0. The Morgan fingerprint density at radius 2 is 1.76 bits per heavy atom. The monoisotopic (exact) mass is 540 g/mol. The van der Waals surface area contributed by atoms with Crippen molar-refractivity contribution in [3.63, 3.8) is 0 Å². The highest BCUT2D eigenvalue weighted by Gasteiger charge is 2.29. The molecule has 0 aliphatic carbocycles. The molecule has 1 aliphatic rings. The number of ether oxygens (including phenoxy) is 1. The smallest absolute Gasteiger partial charge is 0.443 e. The number of rotatable bonds is 6. The number of halogens is 2. The van der Waals surface area contributed by atoms with Gasteiger partial charge >= 0.3 is 12.3 Å². The lowest BCUT2D eigenvalue weighted by Gasteiger charge is -2.33. The van der Waals surface area contributed by atoms with Crippen molar-refractivity contribution in [1.29, 1.82) is 0 Å². The van der Waals surface area contributed by atoms with E-state index >= 15 is 0 Å². The Balaban J connectivity index is 0.00000110. The van der Waals surface area contributed by atoms with E-state index in [1.54, 1.807) is 0 Å². The summed E-state index contributed by atoms with van der Waals surface area (Å²) in [6, 6.07) is 5.36. The average Bonchev–Trinajstić information content (AvgIpc) is 2.78. The van der Waals surface area contributed by atoms with Gasteiger partial charge in [-0.1, -0.05) is 37.2 Å². The van der Waals surface area contributed by atoms with Crippen LogP contribution < -0.4 is 16.4 Å². The Bertz CT molecular complexity index is 1170. The molecule has 0 unspecified atom stereocenters. The molecule has 0 bridgehead atoms. The summed E-state index contributed by atoms with van der Waals surface area (Å²) in [4.78, 5) is 33.5. The van der Waals surface area contributed by atoms with Crippen molar-refractivity contribution in [2.45, 2.75) is 40.5 Å². The largest absolute Gasteiger partial charge is 0.473 e. The van der Waals surface area contributed by atoms with E-state index < -0.39 is 36.5 Å². The van der Waals surface area contributed by atoms with Gasteiger partial charge in [0.05, 0.1) is 18.8 Å². The molecule has 1 fully saturated rings. The summed E-state index contributed by atoms with van der Waals surface area (Å²) in [7, 11) is 0. The highest BCUT2D eigenvalue weighted by Crippen LogP contribution is 2.29. The number of nitrogens with zero attached hydrogens (tertiary/aromatic N) is 4. The number of hydrogen-bond acceptors (Lipinski definition) is 10. The van der Waals surface area contributed by atoms with Crippen LogP contribution in [0.4, 0.5) is 19.4 Å². The van der Waals surface area contributed by atoms with Crippen LogP contribution in [0.15, 0.2) is 40.6 Å². The summed E-state index contributed by atoms with van der Waals surface area (Å²) in [5.74, 6) is -1.86. The van der Waals surface area contributed by atoms with Crippen molar-refractivity contribution in [3.8, 4) is 11.1 Å². The third-order valence-corrected chi connectivity index (χ3v) is 4.13. The Morgan fingerprint density at radius 1 is 1.16 bits per heavy atom. The van der Waals surface area contributed by atoms with E-state index in [2.05, 4.69) is 20.0 Å². The minimum absolute atomic E-state index is 0.0162. The molecular weight excluding hydrogens is 510 g/mol. The lowest BCUT2D eigenvalue weighted by Crippen LogP contribution is -2.49. The molecule has 0 saturated carbocycles. The predicted molar refractivity (Wildman–Crippen MR) is 133 cm³/mol. The Kier molecular flexibility index (Phi) is 12.1. The average molecular weight is 541 g/mol. The third kappa shape index (κ3) is 10.4. The van der Waals surface area contributed by atoms with E-state index in [1.807, 2.05) is 13.8 Å². The molecule has 15 heteroatoms. The van der Waals surface area contributed by atoms with Crippen molar-refractivity contribution in [2.75, 3.05) is 18.0 Å². The van der Waals surface area contributed by atoms with Gasteiger partial charge in [-0.3, -0.25) is 0 Å². The second-order valence-corrected chi connectivity index (χ2v) is 7.49. The summed E-state index contributed by atoms with van der Waals surface area (Å²) < 4.78 is 34.2. The molecule has 3 rings (SSSR count). The van der Waals surface area contributed by atoms with Gasteiger partial charge in [0, 0.05) is 22.9 Å². The molecule has 1 aromatic heterocycles. The lowest BCUT2D eigenvalue weighted by molar-refractivity contribution is -0.455. The molecule has 7 N–H and O–H groups in total. The number of aliphatic hydroxyl groups is 3. The summed E-state index contributed by atoms with van der Waals surface area (Å²) in [5, 5.41) is 29.1. The molecule has 1 aromatic carbocycles. The van der Waals surface area contributed by atoms with Gasteiger partial charge in [0.25, 0.3) is 0 Å². The van der Waals surface area contributed by atoms with E-state index in [0.29, 0.717) is 5.71 Å². The van der Waals surface area contributed by atoms with Gasteiger partial charge in [0.1, 0.15) is 18.2 Å². The van der Waals surface area contributed by atoms with Crippen LogP contribution in [0.3, 0.4) is 0 Å². The number of anilines is 1. The predicted octanol–water partition coefficient (Wildman–Crippen LogP) is 1.34. The third-order valence-electron chi connectivity index (χ3n) is 4.13. The summed E-state index contributed by atoms with van der Waals surface area (Å²) in [6.07, 6.45) is -3.23. The van der Waals surface area contributed by atoms with Crippen molar-refractivity contribution < 1.29 is 43.3 Å². The number of carbonyl (C=O) groups is 2. The van der Waals surface area contributed by atoms with Crippen molar-refractivity contribution in [2.24, 2.45) is 21.6 Å². The lowest BCUT2D eigenvalue weighted by atomic mass is 10.0. The van der Waals surface area contributed by atoms with Crippen molar-refractivity contribution in [3.05, 3.63) is 47.7 Å². The SMILES string of the molecule is CC.CC(C)=O.NC(N)=NC(=O)OCc1cccc(-c2cnc(N3CC(=NOC(O)(O)O)C3)c(F)c2)c1F. The van der Waals surface area contributed by atoms with E-state index in [0.717, 1.165) is 6.07 Å². The number of Topliss-reactive ketones (excluding diaryl/α,β-unsaturated/α-hetero) is 1. The second-order valence-electron chi connectivity index (χ2n) is 7.49. The number of aromatic nitrogens is 1. The Morgan fingerprint density at radius 3 is 2.29 bits per heavy atom. The quantitative estimate of drug-likeness (QED) is 0.153. The van der Waals surface area contributed by atoms with Crippen LogP contribution in [0, 0.1) is 11.6 Å². The summed E-state index contributed by atoms with van der Waals surface area (Å²) >= 11 is 0. The molecule has 1 aliphatic heterocycles. The van der Waals surface area contributed by atoms with Crippen LogP contribution in [0.25, 0.3) is 11.1 Å². The topological polar surface area (TPSA) is 206 Å². The Hall–Kier alpha value is -4.21. The number of carbonyl (C=O) groups excluding carboxylic acids is 2. The number of ketones is 1. The summed E-state index contributed by atoms with van der Waals surface area (Å²) in [5.41, 5.74) is 10.6. The van der Waals surface area contributed by atoms with Crippen LogP contribution in [-0.2, 0) is 21.0 Å². The highest BCUT2D eigenvalue weighted by atomic mass is 19.1. The molecule has 0 spiro atoms. The molecular formula is C23H30F2N6O7. The van der Waals surface area contributed by atoms with E-state index in [9.17, 15) is 18.4 Å². The van der Waals surface area contributed by atoms with Gasteiger partial charge in [0.15, 0.2) is 17.6 Å². The van der Waals surface area contributed by atoms with E-state index in [1.165, 1.54) is 43.1 Å². The number of amides is 1. The fourth-order valence-corrected chi connectivity index (χ4v) is 2.73. The number of oxime groups is 1. The Labute approximate surface area is 217 Å². The van der Waals surface area contributed by atoms with Crippen molar-refractivity contribution >= 4 is 29.4 Å². The maximum absolute atomic E-state index is 14.8. The molecule has 0 radical (unpaired) electrons. The molecule has 1 amide bonds. The molecule has 0 atom stereocenters. The zero-order valence-corrected chi connectivity index (χ0v) is 21.2. The fourth-order valence-electron chi connectivity index (χ4n) is 2.73. The van der Waals surface area contributed by atoms with Gasteiger partial charge in [0.2, 0.25) is 0 Å². The van der Waals surface area contributed by atoms with E-state index in [-0.39, 0.29) is 41.4 Å². The second kappa shape index (κ2) is 14.5. The van der Waals surface area contributed by atoms with Crippen LogP contribution in [-0.4, -0.2) is 63.1 Å². The number of guanidine groups is 1. The van der Waals surface area contributed by atoms with Gasteiger partial charge in [-0.05, 0) is 19.9 Å². The minimum atomic E-state index is -3.40. The van der Waals surface area contributed by atoms with Crippen LogP contribution >= 0.6 is 0 Å². The first-order chi connectivity index (χ1) is 17.8. The van der Waals surface area contributed by atoms with E-state index in [4.69, 9.17) is 31.5 Å². The number of benzene rings is 1. The molecule has 13 nitrogen and oxygen atoms in total. The first-order valence-corrected chi connectivity index (χ1v) is 11.1. The minimum Gasteiger partial charge on any atom is -0.443 e. The van der Waals surface area contributed by atoms with Gasteiger partial charge < -0.3 is 46.1 Å². The molecule has 38 heavy (non-hydrogen) atoms. The zero-order chi connectivity index (χ0) is 29.0. The molecule has 208 valence electrons. The van der Waals surface area contributed by atoms with Crippen LogP contribution in [0.1, 0.15) is 33.3 Å². The number of hydrogen-bond donors (Lipinski definition) is 5. The standard InChI is InChI=1S/C18H18F2N6O6.C3H6O.C2H6/c19-13-4-10(5-23-15(13)26-6-11(7-26)25-32-18(28,29)30)12-3-1-2-9(14(12)20)8-31-17(27)24-16(21)22;1-3(2)4;1-2/h1-5,28-30H,6-8H2,(H4,21,22,24,27);1-2H3;1-2H3. The number of aliphatic imine (C=N–C) groups is 1. The maximum atomic E-state index is 14.8. The zero-order valence-electron chi connectivity index (χ0n) is 21.2. The first kappa shape index (κ1) is 31.8. The number of nitrogens with two attached hydrogens (primary N) is 2. The van der Waals surface area contributed by atoms with Crippen LogP contribution in [0.2, 0.25) is 0 Å². The number of pyridine rings is 1. The molecule has 1 saturated heterocycles. The molecule has 2 aromatic rings. The fraction of sp³-hybridized carbons (Fsp3) is 0.348. The van der Waals surface area contributed by atoms with Crippen LogP contribution in [0.5, 0.6) is 0 Å². The molecule has 2 heterocycles. The van der Waals surface area contributed by atoms with Crippen molar-refractivity contribution in [1.82, 2.24) is 4.98 Å². The van der Waals surface area contributed by atoms with Gasteiger partial charge in [-0.25, -0.2) is 18.6 Å². The maximum Gasteiger partial charge on any atom is 0.473 e. The van der Waals surface area contributed by atoms with Gasteiger partial charge in [-0.15, -0.1) is 4.99 Å². The highest BCUT2D eigenvalue weighted by molar-refractivity contribution is 5.99.